The van der Waals surface area contributed by atoms with Gasteiger partial charge in [-0.3, -0.25) is 4.79 Å². The molecule has 32 heavy (non-hydrogen) atoms. The van der Waals surface area contributed by atoms with Crippen molar-refractivity contribution in [2.75, 3.05) is 6.61 Å². The van der Waals surface area contributed by atoms with Gasteiger partial charge in [0.2, 0.25) is 0 Å². The van der Waals surface area contributed by atoms with E-state index in [-0.39, 0.29) is 48.5 Å². The van der Waals surface area contributed by atoms with Crippen molar-refractivity contribution in [3.05, 3.63) is 52.9 Å². The number of ether oxygens (including phenoxy) is 1. The van der Waals surface area contributed by atoms with E-state index in [1.165, 1.54) is 24.3 Å². The number of carboxylic acids is 1. The van der Waals surface area contributed by atoms with Gasteiger partial charge in [-0.25, -0.2) is 0 Å². The van der Waals surface area contributed by atoms with Crippen molar-refractivity contribution in [1.82, 2.24) is 0 Å². The topological polar surface area (TPSA) is 176 Å². The first-order chi connectivity index (χ1) is 15.3. The van der Waals surface area contributed by atoms with Gasteiger partial charge in [0, 0.05) is 29.4 Å². The summed E-state index contributed by atoms with van der Waals surface area (Å²) in [7, 11) is 0. The third-order valence-electron chi connectivity index (χ3n) is 5.32. The van der Waals surface area contributed by atoms with Gasteiger partial charge in [-0.1, -0.05) is 29.4 Å². The Hall–Kier alpha value is -3.04. The number of aliphatic hydroxyl groups excluding tert-OH is 3. The van der Waals surface area contributed by atoms with Crippen molar-refractivity contribution in [3.63, 3.8) is 0 Å². The summed E-state index contributed by atoms with van der Waals surface area (Å²) in [4.78, 5) is 13.2. The van der Waals surface area contributed by atoms with Crippen LogP contribution in [0.25, 0.3) is 10.4 Å². The Morgan fingerprint density at radius 1 is 1.31 bits per heavy atom. The van der Waals surface area contributed by atoms with Gasteiger partial charge >= 0.3 is 5.97 Å². The Kier molecular flexibility index (Phi) is 10.0. The number of phenols is 1. The van der Waals surface area contributed by atoms with Gasteiger partial charge in [0.25, 0.3) is 0 Å². The predicted molar refractivity (Wildman–Crippen MR) is 116 cm³/mol. The SMILES string of the molecule is [N-]=[N+]=Nc1ccc(OC[C@H](O)/C=C/[C@@H]2[C@@H](C/C=C\CCCC(=O)O)[C@@H](O)C[C@H]2O)c(O)c1. The first-order valence-electron chi connectivity index (χ1n) is 10.4. The van der Waals surface area contributed by atoms with Crippen molar-refractivity contribution in [3.8, 4) is 11.5 Å². The van der Waals surface area contributed by atoms with Crippen molar-refractivity contribution in [2.45, 2.75) is 50.4 Å². The second kappa shape index (κ2) is 12.7. The molecule has 1 aliphatic rings. The van der Waals surface area contributed by atoms with Crippen LogP contribution in [-0.4, -0.2) is 56.4 Å². The predicted octanol–water partition coefficient (Wildman–Crippen LogP) is 3.19. The number of unbranched alkanes of at least 4 members (excludes halogenated alkanes) is 1. The molecule has 0 aliphatic heterocycles. The maximum Gasteiger partial charge on any atom is 0.303 e. The van der Waals surface area contributed by atoms with Gasteiger partial charge in [-0.15, -0.1) is 0 Å². The maximum atomic E-state index is 10.5. The molecule has 0 amide bonds. The maximum absolute atomic E-state index is 10.5. The van der Waals surface area contributed by atoms with E-state index >= 15 is 0 Å². The summed E-state index contributed by atoms with van der Waals surface area (Å²) >= 11 is 0. The van der Waals surface area contributed by atoms with Crippen molar-refractivity contribution < 1.29 is 35.1 Å². The van der Waals surface area contributed by atoms with Gasteiger partial charge < -0.3 is 30.3 Å². The number of nitrogens with zero attached hydrogens (tertiary/aromatic N) is 3. The van der Waals surface area contributed by atoms with Gasteiger partial charge in [0.05, 0.1) is 12.2 Å². The van der Waals surface area contributed by atoms with Crippen LogP contribution in [0, 0.1) is 11.8 Å². The van der Waals surface area contributed by atoms with Crippen LogP contribution in [0.5, 0.6) is 11.5 Å². The lowest BCUT2D eigenvalue weighted by Crippen LogP contribution is -2.21. The summed E-state index contributed by atoms with van der Waals surface area (Å²) in [5.74, 6) is -1.50. The molecule has 5 N–H and O–H groups in total. The molecule has 174 valence electrons. The quantitative estimate of drug-likeness (QED) is 0.107. The monoisotopic (exact) mass is 447 g/mol. The molecule has 1 saturated carbocycles. The fourth-order valence-electron chi connectivity index (χ4n) is 3.68. The summed E-state index contributed by atoms with van der Waals surface area (Å²) in [6.45, 7) is -0.148. The zero-order valence-corrected chi connectivity index (χ0v) is 17.6. The Balaban J connectivity index is 1.87. The molecule has 1 aromatic rings. The van der Waals surface area contributed by atoms with Crippen molar-refractivity contribution in [2.24, 2.45) is 17.0 Å². The normalized spacial score (nSPS) is 24.0. The first-order valence-corrected chi connectivity index (χ1v) is 10.4. The summed E-state index contributed by atoms with van der Waals surface area (Å²) in [6.07, 6.45) is 6.54. The minimum absolute atomic E-state index is 0.107. The number of aliphatic carboxylic acids is 1. The summed E-state index contributed by atoms with van der Waals surface area (Å²) in [5, 5.41) is 52.6. The lowest BCUT2D eigenvalue weighted by molar-refractivity contribution is -0.137. The first kappa shape index (κ1) is 25.2. The number of allylic oxidation sites excluding steroid dienone is 2. The van der Waals surface area contributed by atoms with Gasteiger partial charge in [-0.2, -0.15) is 0 Å². The summed E-state index contributed by atoms with van der Waals surface area (Å²) in [5.41, 5.74) is 8.64. The minimum atomic E-state index is -1.01. The van der Waals surface area contributed by atoms with Crippen LogP contribution in [0.1, 0.15) is 32.1 Å². The highest BCUT2D eigenvalue weighted by Crippen LogP contribution is 2.36. The number of phenolic OH excluding ortho intramolecular Hbond substituents is 1. The number of aliphatic hydroxyl groups is 3. The van der Waals surface area contributed by atoms with Crippen LogP contribution in [-0.2, 0) is 4.79 Å². The number of hydrogen-bond acceptors (Lipinski definition) is 7. The standard InChI is InChI=1S/C22H29N3O7/c23-25-24-14-7-10-21(20(29)11-14)32-13-15(26)8-9-17-16(18(27)12-19(17)28)5-3-1-2-4-6-22(30)31/h1,3,7-11,15-19,26-29H,2,4-6,12-13H2,(H,30,31)/b3-1-,9-8+/t15-,16-,17-,18+,19-/m1/s1. The van der Waals surface area contributed by atoms with E-state index in [0.717, 1.165) is 0 Å². The van der Waals surface area contributed by atoms with E-state index in [9.17, 15) is 25.2 Å². The summed E-state index contributed by atoms with van der Waals surface area (Å²) < 4.78 is 5.39. The smallest absolute Gasteiger partial charge is 0.303 e. The molecular formula is C22H29N3O7. The van der Waals surface area contributed by atoms with E-state index in [0.29, 0.717) is 19.3 Å². The largest absolute Gasteiger partial charge is 0.504 e. The van der Waals surface area contributed by atoms with E-state index in [1.54, 1.807) is 6.08 Å². The van der Waals surface area contributed by atoms with E-state index < -0.39 is 24.3 Å². The fourth-order valence-corrected chi connectivity index (χ4v) is 3.68. The Bertz CT molecular complexity index is 867. The Morgan fingerprint density at radius 3 is 2.78 bits per heavy atom. The lowest BCUT2D eigenvalue weighted by Gasteiger charge is -2.19. The lowest BCUT2D eigenvalue weighted by atomic mass is 9.89. The zero-order chi connectivity index (χ0) is 23.5. The molecule has 0 saturated heterocycles. The molecule has 0 aromatic heterocycles. The van der Waals surface area contributed by atoms with Crippen LogP contribution < -0.4 is 4.74 Å². The third-order valence-corrected chi connectivity index (χ3v) is 5.32. The van der Waals surface area contributed by atoms with Gasteiger partial charge in [0.1, 0.15) is 12.7 Å². The highest BCUT2D eigenvalue weighted by molar-refractivity contribution is 5.66. The molecule has 10 nitrogen and oxygen atoms in total. The van der Waals surface area contributed by atoms with Crippen molar-refractivity contribution in [1.29, 1.82) is 0 Å². The van der Waals surface area contributed by atoms with Crippen LogP contribution in [0.15, 0.2) is 47.6 Å². The second-order valence-corrected chi connectivity index (χ2v) is 7.71. The Labute approximate surface area is 185 Å². The third kappa shape index (κ3) is 7.90. The molecule has 1 fully saturated rings. The molecule has 5 atom stereocenters. The van der Waals surface area contributed by atoms with Gasteiger partial charge in [-0.05, 0) is 48.9 Å². The number of azide groups is 1. The highest BCUT2D eigenvalue weighted by atomic mass is 16.5. The van der Waals surface area contributed by atoms with Crippen LogP contribution >= 0.6 is 0 Å². The van der Waals surface area contributed by atoms with Crippen LogP contribution in [0.2, 0.25) is 0 Å². The molecule has 1 aromatic carbocycles. The minimum Gasteiger partial charge on any atom is -0.504 e. The molecule has 2 rings (SSSR count). The number of aromatic hydroxyl groups is 1. The second-order valence-electron chi connectivity index (χ2n) is 7.71. The number of hydrogen-bond donors (Lipinski definition) is 5. The molecule has 0 radical (unpaired) electrons. The summed E-state index contributed by atoms with van der Waals surface area (Å²) in [6, 6.07) is 4.13. The average molecular weight is 447 g/mol. The average Bonchev–Trinajstić information content (AvgIpc) is 3.00. The highest BCUT2D eigenvalue weighted by Gasteiger charge is 2.39. The van der Waals surface area contributed by atoms with Crippen molar-refractivity contribution >= 4 is 11.7 Å². The van der Waals surface area contributed by atoms with Gasteiger partial charge in [0.15, 0.2) is 11.5 Å². The number of benzene rings is 1. The molecule has 0 bridgehead atoms. The van der Waals surface area contributed by atoms with Crippen LogP contribution in [0.3, 0.4) is 0 Å². The molecule has 0 spiro atoms. The van der Waals surface area contributed by atoms with E-state index in [1.807, 2.05) is 12.2 Å². The van der Waals surface area contributed by atoms with E-state index in [2.05, 4.69) is 10.0 Å². The molecular weight excluding hydrogens is 418 g/mol. The number of carbonyl (C=O) groups is 1. The number of carboxylic acid groups (broad SMARTS) is 1. The molecule has 1 aliphatic carbocycles. The molecule has 0 unspecified atom stereocenters. The zero-order valence-electron chi connectivity index (χ0n) is 17.6. The number of rotatable bonds is 12. The fraction of sp³-hybridized carbons (Fsp3) is 0.500. The molecule has 0 heterocycles. The van der Waals surface area contributed by atoms with E-state index in [4.69, 9.17) is 15.4 Å². The Morgan fingerprint density at radius 2 is 2.09 bits per heavy atom. The van der Waals surface area contributed by atoms with Crippen LogP contribution in [0.4, 0.5) is 5.69 Å². The molecule has 10 heteroatoms.